The lowest BCUT2D eigenvalue weighted by molar-refractivity contribution is 0.0610. The third-order valence-corrected chi connectivity index (χ3v) is 3.74. The molecule has 3 rings (SSSR count). The van der Waals surface area contributed by atoms with E-state index in [1.807, 2.05) is 6.92 Å². The van der Waals surface area contributed by atoms with Gasteiger partial charge in [-0.25, -0.2) is 4.98 Å². The molecule has 0 unspecified atom stereocenters. The molecule has 0 aromatic carbocycles. The standard InChI is InChI=1S/C14H17N5O/c1-10-11(5-8-14(20)6-3-2-4-7-14)12(15)19-13(18-10)16-9-17-19/h9,20H,2-4,6-7,15H2,1H3. The van der Waals surface area contributed by atoms with Gasteiger partial charge in [0.1, 0.15) is 17.7 Å². The van der Waals surface area contributed by atoms with Crippen LogP contribution in [-0.2, 0) is 0 Å². The Morgan fingerprint density at radius 3 is 2.85 bits per heavy atom. The molecule has 0 saturated heterocycles. The molecule has 0 aliphatic heterocycles. The summed E-state index contributed by atoms with van der Waals surface area (Å²) in [6, 6.07) is 0. The zero-order valence-corrected chi connectivity index (χ0v) is 11.4. The summed E-state index contributed by atoms with van der Waals surface area (Å²) >= 11 is 0. The Bertz CT molecular complexity index is 703. The quantitative estimate of drug-likeness (QED) is 0.699. The number of aromatic nitrogens is 4. The number of nitrogen functional groups attached to an aromatic ring is 1. The smallest absolute Gasteiger partial charge is 0.254 e. The van der Waals surface area contributed by atoms with Crippen LogP contribution < -0.4 is 5.73 Å². The molecular weight excluding hydrogens is 254 g/mol. The third kappa shape index (κ3) is 2.21. The highest BCUT2D eigenvalue weighted by atomic mass is 16.3. The van der Waals surface area contributed by atoms with E-state index in [-0.39, 0.29) is 0 Å². The van der Waals surface area contributed by atoms with E-state index in [0.717, 1.165) is 32.1 Å². The van der Waals surface area contributed by atoms with E-state index in [1.165, 1.54) is 10.8 Å². The van der Waals surface area contributed by atoms with E-state index in [4.69, 9.17) is 5.73 Å². The predicted molar refractivity (Wildman–Crippen MR) is 74.8 cm³/mol. The first kappa shape index (κ1) is 12.9. The maximum absolute atomic E-state index is 10.4. The lowest BCUT2D eigenvalue weighted by Crippen LogP contribution is -2.29. The fourth-order valence-electron chi connectivity index (χ4n) is 2.57. The Morgan fingerprint density at radius 2 is 2.10 bits per heavy atom. The molecule has 20 heavy (non-hydrogen) atoms. The van der Waals surface area contributed by atoms with Gasteiger partial charge in [0.25, 0.3) is 5.78 Å². The lowest BCUT2D eigenvalue weighted by atomic mass is 9.85. The van der Waals surface area contributed by atoms with Crippen molar-refractivity contribution in [1.82, 2.24) is 19.6 Å². The number of hydrogen-bond donors (Lipinski definition) is 2. The van der Waals surface area contributed by atoms with Crippen LogP contribution in [0.4, 0.5) is 5.82 Å². The first-order chi connectivity index (χ1) is 9.59. The normalized spacial score (nSPS) is 17.7. The highest BCUT2D eigenvalue weighted by Gasteiger charge is 2.26. The van der Waals surface area contributed by atoms with E-state index in [2.05, 4.69) is 26.9 Å². The van der Waals surface area contributed by atoms with Crippen LogP contribution >= 0.6 is 0 Å². The fourth-order valence-corrected chi connectivity index (χ4v) is 2.57. The maximum atomic E-state index is 10.4. The lowest BCUT2D eigenvalue weighted by Gasteiger charge is -2.26. The van der Waals surface area contributed by atoms with Crippen LogP contribution in [0.1, 0.15) is 43.4 Å². The van der Waals surface area contributed by atoms with Crippen molar-refractivity contribution in [3.05, 3.63) is 17.6 Å². The van der Waals surface area contributed by atoms with Crippen molar-refractivity contribution < 1.29 is 5.11 Å². The molecule has 6 heteroatoms. The van der Waals surface area contributed by atoms with Gasteiger partial charge in [0, 0.05) is 0 Å². The van der Waals surface area contributed by atoms with Crippen molar-refractivity contribution in [2.75, 3.05) is 5.73 Å². The topological polar surface area (TPSA) is 89.3 Å². The molecule has 0 spiro atoms. The second-order valence-electron chi connectivity index (χ2n) is 5.27. The molecule has 6 nitrogen and oxygen atoms in total. The van der Waals surface area contributed by atoms with Crippen molar-refractivity contribution >= 4 is 11.6 Å². The molecule has 2 aromatic heterocycles. The average molecular weight is 271 g/mol. The number of hydrogen-bond acceptors (Lipinski definition) is 5. The summed E-state index contributed by atoms with van der Waals surface area (Å²) in [5, 5.41) is 14.4. The van der Waals surface area contributed by atoms with Crippen molar-refractivity contribution in [1.29, 1.82) is 0 Å². The Balaban J connectivity index is 2.02. The highest BCUT2D eigenvalue weighted by molar-refractivity contribution is 5.57. The van der Waals surface area contributed by atoms with E-state index in [9.17, 15) is 5.11 Å². The SMILES string of the molecule is Cc1nc2ncnn2c(N)c1C#CC1(O)CCCCC1. The number of anilines is 1. The van der Waals surface area contributed by atoms with Gasteiger partial charge in [-0.15, -0.1) is 0 Å². The molecule has 2 aromatic rings. The second kappa shape index (κ2) is 4.76. The number of nitrogens with zero attached hydrogens (tertiary/aromatic N) is 4. The summed E-state index contributed by atoms with van der Waals surface area (Å²) < 4.78 is 1.46. The van der Waals surface area contributed by atoms with Crippen molar-refractivity contribution in [3.63, 3.8) is 0 Å². The molecule has 0 amide bonds. The molecule has 3 N–H and O–H groups in total. The zero-order chi connectivity index (χ0) is 14.2. The first-order valence-electron chi connectivity index (χ1n) is 6.80. The molecule has 0 atom stereocenters. The van der Waals surface area contributed by atoms with Gasteiger partial charge in [0.05, 0.1) is 11.3 Å². The monoisotopic (exact) mass is 271 g/mol. The largest absolute Gasteiger partial charge is 0.382 e. The van der Waals surface area contributed by atoms with Crippen molar-refractivity contribution in [3.8, 4) is 11.8 Å². The Kier molecular flexibility index (Phi) is 3.07. The molecule has 1 fully saturated rings. The first-order valence-corrected chi connectivity index (χ1v) is 6.80. The number of aryl methyl sites for hydroxylation is 1. The molecule has 1 aliphatic rings. The predicted octanol–water partition coefficient (Wildman–Crippen LogP) is 1.06. The van der Waals surface area contributed by atoms with E-state index >= 15 is 0 Å². The number of fused-ring (bicyclic) bond motifs is 1. The van der Waals surface area contributed by atoms with Crippen LogP contribution in [0.5, 0.6) is 0 Å². The summed E-state index contributed by atoms with van der Waals surface area (Å²) in [6.45, 7) is 1.83. The highest BCUT2D eigenvalue weighted by Crippen LogP contribution is 2.27. The summed E-state index contributed by atoms with van der Waals surface area (Å²) in [6.07, 6.45) is 6.04. The molecule has 104 valence electrons. The van der Waals surface area contributed by atoms with Gasteiger partial charge in [-0.2, -0.15) is 14.6 Å². The van der Waals surface area contributed by atoms with Crippen LogP contribution in [0.2, 0.25) is 0 Å². The Hall–Kier alpha value is -2.13. The van der Waals surface area contributed by atoms with Gasteiger partial charge in [-0.3, -0.25) is 0 Å². The molecule has 2 heterocycles. The zero-order valence-electron chi connectivity index (χ0n) is 11.4. The third-order valence-electron chi connectivity index (χ3n) is 3.74. The summed E-state index contributed by atoms with van der Waals surface area (Å²) in [5.74, 6) is 6.85. The van der Waals surface area contributed by atoms with Crippen LogP contribution in [0.3, 0.4) is 0 Å². The molecule has 0 bridgehead atoms. The van der Waals surface area contributed by atoms with Gasteiger partial charge in [-0.1, -0.05) is 18.3 Å². The summed E-state index contributed by atoms with van der Waals surface area (Å²) in [7, 11) is 0. The van der Waals surface area contributed by atoms with Gasteiger partial charge in [0.15, 0.2) is 0 Å². The summed E-state index contributed by atoms with van der Waals surface area (Å²) in [5.41, 5.74) is 6.48. The maximum Gasteiger partial charge on any atom is 0.254 e. The van der Waals surface area contributed by atoms with Gasteiger partial charge < -0.3 is 10.8 Å². The van der Waals surface area contributed by atoms with Crippen LogP contribution in [0.25, 0.3) is 5.78 Å². The van der Waals surface area contributed by atoms with Crippen molar-refractivity contribution in [2.24, 2.45) is 0 Å². The van der Waals surface area contributed by atoms with E-state index in [1.54, 1.807) is 0 Å². The number of rotatable bonds is 0. The minimum absolute atomic E-state index is 0.414. The average Bonchev–Trinajstić information content (AvgIpc) is 2.87. The Labute approximate surface area is 117 Å². The molecular formula is C14H17N5O. The fraction of sp³-hybridized carbons (Fsp3) is 0.500. The van der Waals surface area contributed by atoms with Crippen LogP contribution in [-0.4, -0.2) is 30.3 Å². The number of nitrogens with two attached hydrogens (primary N) is 1. The minimum Gasteiger partial charge on any atom is -0.382 e. The van der Waals surface area contributed by atoms with Gasteiger partial charge >= 0.3 is 0 Å². The van der Waals surface area contributed by atoms with Crippen LogP contribution in [0, 0.1) is 18.8 Å². The summed E-state index contributed by atoms with van der Waals surface area (Å²) in [4.78, 5) is 8.32. The number of aliphatic hydroxyl groups is 1. The molecule has 1 aliphatic carbocycles. The molecule has 1 saturated carbocycles. The van der Waals surface area contributed by atoms with Gasteiger partial charge in [0.2, 0.25) is 0 Å². The molecule has 0 radical (unpaired) electrons. The van der Waals surface area contributed by atoms with E-state index in [0.29, 0.717) is 22.9 Å². The second-order valence-corrected chi connectivity index (χ2v) is 5.27. The van der Waals surface area contributed by atoms with Crippen LogP contribution in [0.15, 0.2) is 6.33 Å². The van der Waals surface area contributed by atoms with Gasteiger partial charge in [-0.05, 0) is 32.6 Å². The minimum atomic E-state index is -0.894. The Morgan fingerprint density at radius 1 is 1.35 bits per heavy atom. The van der Waals surface area contributed by atoms with E-state index < -0.39 is 5.60 Å². The van der Waals surface area contributed by atoms with Crippen molar-refractivity contribution in [2.45, 2.75) is 44.6 Å².